The van der Waals surface area contributed by atoms with Gasteiger partial charge < -0.3 is 38.1 Å². The van der Waals surface area contributed by atoms with Gasteiger partial charge in [-0.2, -0.15) is 13.2 Å². The number of halogens is 3. The zero-order valence-electron chi connectivity index (χ0n) is 30.7. The third-order valence-electron chi connectivity index (χ3n) is 11.0. The number of aromatic nitrogens is 1. The molecule has 1 aromatic heterocycles. The summed E-state index contributed by atoms with van der Waals surface area (Å²) < 4.78 is 76.7. The highest BCUT2D eigenvalue weighted by atomic mass is 19.4. The summed E-state index contributed by atoms with van der Waals surface area (Å²) >= 11 is 0. The molecule has 292 valence electrons. The molecular weight excluding hydrogens is 725 g/mol. The van der Waals surface area contributed by atoms with Crippen molar-refractivity contribution in [3.63, 3.8) is 0 Å². The van der Waals surface area contributed by atoms with Crippen molar-refractivity contribution >= 4 is 29.0 Å². The van der Waals surface area contributed by atoms with Crippen molar-refractivity contribution in [3.05, 3.63) is 82.5 Å². The van der Waals surface area contributed by atoms with E-state index in [1.165, 1.54) is 62.2 Å². The molecule has 1 N–H and O–H groups in total. The third kappa shape index (κ3) is 7.62. The van der Waals surface area contributed by atoms with Crippen LogP contribution in [0.25, 0.3) is 10.9 Å². The van der Waals surface area contributed by atoms with Gasteiger partial charge in [0, 0.05) is 35.8 Å². The summed E-state index contributed by atoms with van der Waals surface area (Å²) in [5.41, 5.74) is 3.02. The van der Waals surface area contributed by atoms with Crippen LogP contribution in [0.4, 0.5) is 18.0 Å². The zero-order valence-corrected chi connectivity index (χ0v) is 30.7. The van der Waals surface area contributed by atoms with Gasteiger partial charge in [-0.15, -0.1) is 0 Å². The first-order valence-electron chi connectivity index (χ1n) is 17.9. The van der Waals surface area contributed by atoms with Gasteiger partial charge in [0.15, 0.2) is 11.5 Å². The van der Waals surface area contributed by atoms with E-state index >= 15 is 0 Å². The number of fused-ring (bicyclic) bond motifs is 6. The number of methoxy groups -OCH3 is 4. The van der Waals surface area contributed by atoms with Gasteiger partial charge in [0.25, 0.3) is 0 Å². The first-order chi connectivity index (χ1) is 26.4. The number of H-pyrrole nitrogens is 1. The smallest absolute Gasteiger partial charge is 0.497 e. The van der Waals surface area contributed by atoms with Crippen LogP contribution in [0.15, 0.2) is 54.6 Å². The number of benzene rings is 3. The molecular formula is C40H41F3N2O10. The highest BCUT2D eigenvalue weighted by Gasteiger charge is 2.49. The molecule has 0 bridgehead atoms. The van der Waals surface area contributed by atoms with Crippen LogP contribution in [0.3, 0.4) is 0 Å². The summed E-state index contributed by atoms with van der Waals surface area (Å²) in [6, 6.07) is 13.0. The predicted octanol–water partition coefficient (Wildman–Crippen LogP) is 7.27. The van der Waals surface area contributed by atoms with Gasteiger partial charge in [0.2, 0.25) is 5.75 Å². The van der Waals surface area contributed by atoms with Crippen molar-refractivity contribution in [3.8, 4) is 23.0 Å². The minimum absolute atomic E-state index is 0.0196. The third-order valence-corrected chi connectivity index (χ3v) is 11.0. The molecule has 0 amide bonds. The predicted molar refractivity (Wildman–Crippen MR) is 190 cm³/mol. The van der Waals surface area contributed by atoms with Gasteiger partial charge >= 0.3 is 24.3 Å². The number of ether oxygens (including phenoxy) is 7. The van der Waals surface area contributed by atoms with Gasteiger partial charge in [-0.05, 0) is 85.0 Å². The van der Waals surface area contributed by atoms with Crippen molar-refractivity contribution in [2.24, 2.45) is 17.8 Å². The molecule has 5 atom stereocenters. The number of carbonyl (C=O) groups is 3. The Morgan fingerprint density at radius 1 is 0.891 bits per heavy atom. The molecule has 0 radical (unpaired) electrons. The normalized spacial score (nSPS) is 22.1. The van der Waals surface area contributed by atoms with E-state index in [0.29, 0.717) is 18.4 Å². The Hall–Kier alpha value is -5.44. The molecule has 12 nitrogen and oxygen atoms in total. The molecule has 3 heterocycles. The van der Waals surface area contributed by atoms with E-state index in [2.05, 4.69) is 16.0 Å². The molecule has 1 saturated carbocycles. The lowest BCUT2D eigenvalue weighted by Crippen LogP contribution is -2.52. The van der Waals surface area contributed by atoms with Crippen molar-refractivity contribution < 1.29 is 60.7 Å². The van der Waals surface area contributed by atoms with Crippen molar-refractivity contribution in [2.45, 2.75) is 50.6 Å². The minimum atomic E-state index is -4.50. The molecule has 3 aromatic carbocycles. The molecule has 7 rings (SSSR count). The van der Waals surface area contributed by atoms with E-state index in [0.717, 1.165) is 49.3 Å². The molecule has 0 spiro atoms. The van der Waals surface area contributed by atoms with Crippen LogP contribution in [-0.4, -0.2) is 75.6 Å². The summed E-state index contributed by atoms with van der Waals surface area (Å²) in [5.74, 6) is -0.880. The van der Waals surface area contributed by atoms with E-state index in [1.807, 2.05) is 12.1 Å². The van der Waals surface area contributed by atoms with E-state index in [4.69, 9.17) is 33.2 Å². The number of hydrogen-bond donors (Lipinski definition) is 1. The lowest BCUT2D eigenvalue weighted by Gasteiger charge is -2.51. The molecule has 1 saturated heterocycles. The van der Waals surface area contributed by atoms with Gasteiger partial charge in [-0.25, -0.2) is 9.59 Å². The molecule has 1 aliphatic carbocycles. The number of alkyl halides is 3. The maximum atomic E-state index is 13.7. The molecule has 15 heteroatoms. The highest BCUT2D eigenvalue weighted by Crippen LogP contribution is 2.50. The fourth-order valence-corrected chi connectivity index (χ4v) is 8.42. The number of hydrogen-bond acceptors (Lipinski definition) is 11. The quantitative estimate of drug-likeness (QED) is 0.105. The van der Waals surface area contributed by atoms with Gasteiger partial charge in [-0.1, -0.05) is 12.1 Å². The fraction of sp³-hybridized carbons (Fsp3) is 0.425. The lowest BCUT2D eigenvalue weighted by atomic mass is 9.65. The Kier molecular flexibility index (Phi) is 10.6. The van der Waals surface area contributed by atoms with Crippen LogP contribution in [0.2, 0.25) is 0 Å². The maximum Gasteiger partial charge on any atom is 0.514 e. The highest BCUT2D eigenvalue weighted by molar-refractivity contribution is 5.91. The monoisotopic (exact) mass is 766 g/mol. The van der Waals surface area contributed by atoms with Gasteiger partial charge in [0.1, 0.15) is 18.5 Å². The largest absolute Gasteiger partial charge is 0.514 e. The molecule has 3 aliphatic rings. The Morgan fingerprint density at radius 3 is 2.27 bits per heavy atom. The van der Waals surface area contributed by atoms with Crippen LogP contribution in [0.5, 0.6) is 23.0 Å². The Morgan fingerprint density at radius 2 is 1.62 bits per heavy atom. The number of carbonyl (C=O) groups excluding carboxylic acids is 3. The Balaban J connectivity index is 1.03. The summed E-state index contributed by atoms with van der Waals surface area (Å²) in [6.07, 6.45) is -3.76. The average Bonchev–Trinajstić information content (AvgIpc) is 3.56. The average molecular weight is 767 g/mol. The van der Waals surface area contributed by atoms with E-state index in [9.17, 15) is 27.6 Å². The van der Waals surface area contributed by atoms with Crippen molar-refractivity contribution in [2.75, 3.05) is 41.5 Å². The second-order valence-corrected chi connectivity index (χ2v) is 14.0. The maximum absolute atomic E-state index is 13.7. The summed E-state index contributed by atoms with van der Waals surface area (Å²) in [5, 5.41) is 1.18. The number of aromatic amines is 1. The molecule has 2 aliphatic heterocycles. The Labute approximate surface area is 314 Å². The van der Waals surface area contributed by atoms with Crippen molar-refractivity contribution in [1.29, 1.82) is 0 Å². The molecule has 2 fully saturated rings. The van der Waals surface area contributed by atoms with Crippen LogP contribution in [0, 0.1) is 17.8 Å². The number of piperidine rings is 1. The number of nitrogens with one attached hydrogen (secondary N) is 1. The summed E-state index contributed by atoms with van der Waals surface area (Å²) in [4.78, 5) is 45.6. The number of nitrogens with zero attached hydrogens (tertiary/aromatic N) is 1. The van der Waals surface area contributed by atoms with Crippen LogP contribution in [-0.2, 0) is 38.2 Å². The van der Waals surface area contributed by atoms with Gasteiger partial charge in [-0.3, -0.25) is 9.69 Å². The number of rotatable bonds is 9. The fourth-order valence-electron chi connectivity index (χ4n) is 8.42. The standard InChI is InChI=1S/C40H41F3N2O10/c1-49-25-9-10-27-28-11-12-45-19-23-13-26(16-30(38(47)52-4)29(23)18-32(45)35(28)44-31(27)17-25)54-37(46)22-14-33(50-2)36(34(15-22)51-3)55-39(48)53-20-21-5-7-24(8-6-21)40(41,42)43/h5-10,14-15,17,23,26,29-30,32,44H,11-13,16,18-20H2,1-4H3/t23-,26?,29+,30-,32?/m1/s1. The second kappa shape index (κ2) is 15.4. The summed E-state index contributed by atoms with van der Waals surface area (Å²) in [6.45, 7) is 1.24. The summed E-state index contributed by atoms with van der Waals surface area (Å²) in [7, 11) is 5.63. The zero-order chi connectivity index (χ0) is 39.0. The Bertz CT molecular complexity index is 2060. The van der Waals surface area contributed by atoms with Crippen LogP contribution in [0.1, 0.15) is 58.0 Å². The first kappa shape index (κ1) is 37.9. The van der Waals surface area contributed by atoms with Gasteiger partial charge in [0.05, 0.1) is 51.5 Å². The molecule has 4 aromatic rings. The SMILES string of the molecule is COC(=O)[C@@H]1CC(OC(=O)c2cc(OC)c(OC(=O)OCc3ccc(C(F)(F)F)cc3)c(OC)c2)C[C@@H]2CN3CCc4c([nH]c5cc(OC)ccc45)C3C[C@@H]21. The first-order valence-corrected chi connectivity index (χ1v) is 17.9. The van der Waals surface area contributed by atoms with Crippen LogP contribution >= 0.6 is 0 Å². The van der Waals surface area contributed by atoms with Crippen LogP contribution < -0.4 is 18.9 Å². The molecule has 55 heavy (non-hydrogen) atoms. The lowest BCUT2D eigenvalue weighted by molar-refractivity contribution is -0.155. The van der Waals surface area contributed by atoms with E-state index < -0.39 is 35.9 Å². The number of esters is 2. The molecule has 2 unspecified atom stereocenters. The second-order valence-electron chi connectivity index (χ2n) is 14.0. The van der Waals surface area contributed by atoms with Crippen molar-refractivity contribution in [1.82, 2.24) is 9.88 Å². The minimum Gasteiger partial charge on any atom is -0.497 e. The van der Waals surface area contributed by atoms with E-state index in [1.54, 1.807) is 7.11 Å². The topological polar surface area (TPSA) is 135 Å². The van der Waals surface area contributed by atoms with E-state index in [-0.39, 0.29) is 53.3 Å².